The lowest BCUT2D eigenvalue weighted by molar-refractivity contribution is -0.138. The molecule has 200 valence electrons. The maximum Gasteiger partial charge on any atom is 0.322 e. The summed E-state index contributed by atoms with van der Waals surface area (Å²) in [5.74, 6) is -1.36. The van der Waals surface area contributed by atoms with Gasteiger partial charge in [0.1, 0.15) is 10.9 Å². The number of rotatable bonds is 10. The number of carbonyl (C=O) groups excluding carboxylic acids is 1. The van der Waals surface area contributed by atoms with E-state index in [1.165, 1.54) is 18.2 Å². The maximum absolute atomic E-state index is 12.9. The van der Waals surface area contributed by atoms with Crippen molar-refractivity contribution in [3.8, 4) is 11.1 Å². The first-order valence-corrected chi connectivity index (χ1v) is 13.7. The Hall–Kier alpha value is -4.25. The molecule has 4 rings (SSSR count). The van der Waals surface area contributed by atoms with Crippen molar-refractivity contribution in [3.63, 3.8) is 0 Å². The molecule has 11 heteroatoms. The first-order valence-electron chi connectivity index (χ1n) is 11.9. The van der Waals surface area contributed by atoms with Crippen molar-refractivity contribution in [2.45, 2.75) is 23.9 Å². The van der Waals surface area contributed by atoms with Gasteiger partial charge in [0.25, 0.3) is 0 Å². The molecule has 0 fully saturated rings. The van der Waals surface area contributed by atoms with Gasteiger partial charge in [0.05, 0.1) is 22.9 Å². The van der Waals surface area contributed by atoms with E-state index in [-0.39, 0.29) is 22.9 Å². The summed E-state index contributed by atoms with van der Waals surface area (Å²) in [6.07, 6.45) is 1.45. The molecule has 1 atom stereocenters. The van der Waals surface area contributed by atoms with E-state index in [1.807, 2.05) is 36.4 Å². The molecule has 0 radical (unpaired) electrons. The van der Waals surface area contributed by atoms with Crippen LogP contribution in [-0.4, -0.2) is 36.6 Å². The van der Waals surface area contributed by atoms with E-state index < -0.39 is 28.1 Å². The van der Waals surface area contributed by atoms with Crippen LogP contribution in [-0.2, 0) is 27.8 Å². The Morgan fingerprint density at radius 2 is 1.64 bits per heavy atom. The molecular formula is C28H25ClN4O5S. The first kappa shape index (κ1) is 27.8. The number of aliphatic carboxylic acids is 1. The number of aromatic nitrogens is 1. The van der Waals surface area contributed by atoms with Gasteiger partial charge in [-0.15, -0.1) is 0 Å². The third kappa shape index (κ3) is 7.41. The molecule has 39 heavy (non-hydrogen) atoms. The van der Waals surface area contributed by atoms with Crippen LogP contribution in [0.3, 0.4) is 0 Å². The fraction of sp³-hybridized carbons (Fsp3) is 0.107. The summed E-state index contributed by atoms with van der Waals surface area (Å²) < 4.78 is 28.0. The molecule has 4 N–H and O–H groups in total. The molecular weight excluding hydrogens is 540 g/mol. The number of amides is 2. The van der Waals surface area contributed by atoms with Crippen molar-refractivity contribution in [2.24, 2.45) is 0 Å². The highest BCUT2D eigenvalue weighted by molar-refractivity contribution is 7.89. The molecule has 0 bridgehead atoms. The number of nitrogens with one attached hydrogen (secondary N) is 3. The summed E-state index contributed by atoms with van der Waals surface area (Å²) in [5, 5.41) is 15.3. The smallest absolute Gasteiger partial charge is 0.322 e. The first-order chi connectivity index (χ1) is 18.7. The number of carboxylic acids is 1. The van der Waals surface area contributed by atoms with Crippen molar-refractivity contribution in [2.75, 3.05) is 5.32 Å². The molecule has 1 unspecified atom stereocenters. The number of pyridine rings is 1. The third-order valence-electron chi connectivity index (χ3n) is 5.73. The number of sulfonamides is 1. The molecule has 4 aromatic rings. The second-order valence-corrected chi connectivity index (χ2v) is 10.6. The molecule has 3 aromatic carbocycles. The van der Waals surface area contributed by atoms with Crippen LogP contribution < -0.4 is 15.4 Å². The number of hydrogen-bond acceptors (Lipinski definition) is 5. The Labute approximate surface area is 230 Å². The van der Waals surface area contributed by atoms with Gasteiger partial charge in [-0.2, -0.15) is 4.72 Å². The predicted molar refractivity (Wildman–Crippen MR) is 149 cm³/mol. The summed E-state index contributed by atoms with van der Waals surface area (Å²) in [4.78, 5) is 28.7. The fourth-order valence-electron chi connectivity index (χ4n) is 3.86. The summed E-state index contributed by atoms with van der Waals surface area (Å²) >= 11 is 6.02. The van der Waals surface area contributed by atoms with E-state index in [1.54, 1.807) is 42.6 Å². The molecule has 0 aliphatic heterocycles. The van der Waals surface area contributed by atoms with Gasteiger partial charge in [-0.3, -0.25) is 9.78 Å². The zero-order valence-corrected chi connectivity index (χ0v) is 22.1. The number of urea groups is 1. The highest BCUT2D eigenvalue weighted by Crippen LogP contribution is 2.30. The van der Waals surface area contributed by atoms with Gasteiger partial charge >= 0.3 is 12.0 Å². The predicted octanol–water partition coefficient (Wildman–Crippen LogP) is 4.70. The minimum absolute atomic E-state index is 0.0236. The van der Waals surface area contributed by atoms with Crippen LogP contribution in [0.4, 0.5) is 10.5 Å². The van der Waals surface area contributed by atoms with Crippen LogP contribution >= 0.6 is 11.6 Å². The van der Waals surface area contributed by atoms with Gasteiger partial charge in [0.2, 0.25) is 10.0 Å². The summed E-state index contributed by atoms with van der Waals surface area (Å²) in [6.45, 7) is 0.206. The standard InChI is InChI=1S/C28H25ClN4O5S/c29-23-11-4-5-12-26(23)39(37,38)33-25(27(34)35)17-19-13-14-22(20-8-2-1-3-9-20)24(16-19)32-28(36)31-18-21-10-6-7-15-30-21/h1-16,25,33H,17-18H2,(H,34,35)(H2,31,32,36). The lowest BCUT2D eigenvalue weighted by atomic mass is 9.98. The lowest BCUT2D eigenvalue weighted by Crippen LogP contribution is -2.42. The van der Waals surface area contributed by atoms with Crippen LogP contribution in [0, 0.1) is 0 Å². The Kier molecular flexibility index (Phi) is 8.92. The van der Waals surface area contributed by atoms with E-state index >= 15 is 0 Å². The van der Waals surface area contributed by atoms with Crippen LogP contribution in [0.1, 0.15) is 11.3 Å². The van der Waals surface area contributed by atoms with Crippen molar-refractivity contribution in [1.29, 1.82) is 0 Å². The molecule has 0 saturated carbocycles. The number of benzene rings is 3. The highest BCUT2D eigenvalue weighted by Gasteiger charge is 2.27. The zero-order chi connectivity index (χ0) is 27.8. The van der Waals surface area contributed by atoms with Crippen LogP contribution in [0.5, 0.6) is 0 Å². The Bertz CT molecular complexity index is 1570. The Balaban J connectivity index is 1.58. The normalized spacial score (nSPS) is 11.9. The summed E-state index contributed by atoms with van der Waals surface area (Å²) in [5.41, 5.74) is 3.13. The van der Waals surface area contributed by atoms with E-state index in [0.29, 0.717) is 22.5 Å². The highest BCUT2D eigenvalue weighted by atomic mass is 35.5. The number of carboxylic acid groups (broad SMARTS) is 1. The third-order valence-corrected chi connectivity index (χ3v) is 7.71. The molecule has 2 amide bonds. The Morgan fingerprint density at radius 1 is 0.923 bits per heavy atom. The average molecular weight is 565 g/mol. The monoisotopic (exact) mass is 564 g/mol. The molecule has 0 aliphatic rings. The van der Waals surface area contributed by atoms with Gasteiger partial charge in [-0.1, -0.05) is 72.3 Å². The van der Waals surface area contributed by atoms with Crippen LogP contribution in [0.25, 0.3) is 11.1 Å². The van der Waals surface area contributed by atoms with Gasteiger partial charge in [-0.05, 0) is 47.9 Å². The summed E-state index contributed by atoms with van der Waals surface area (Å²) in [6, 6.07) is 23.6. The van der Waals surface area contributed by atoms with E-state index in [2.05, 4.69) is 20.3 Å². The number of hydrogen-bond donors (Lipinski definition) is 4. The largest absolute Gasteiger partial charge is 0.480 e. The summed E-state index contributed by atoms with van der Waals surface area (Å²) in [7, 11) is -4.22. The van der Waals surface area contributed by atoms with Crippen molar-refractivity contribution < 1.29 is 23.1 Å². The van der Waals surface area contributed by atoms with Gasteiger partial charge in [0.15, 0.2) is 0 Å². The lowest BCUT2D eigenvalue weighted by Gasteiger charge is -2.18. The minimum Gasteiger partial charge on any atom is -0.480 e. The quantitative estimate of drug-likeness (QED) is 0.220. The second kappa shape index (κ2) is 12.5. The number of carbonyl (C=O) groups is 2. The SMILES string of the molecule is O=C(NCc1ccccn1)Nc1cc(CC(NS(=O)(=O)c2ccccc2Cl)C(=O)O)ccc1-c1ccccc1. The van der Waals surface area contributed by atoms with E-state index in [9.17, 15) is 23.1 Å². The van der Waals surface area contributed by atoms with E-state index in [4.69, 9.17) is 11.6 Å². The van der Waals surface area contributed by atoms with Crippen molar-refractivity contribution in [3.05, 3.63) is 113 Å². The second-order valence-electron chi connectivity index (χ2n) is 8.52. The fourth-order valence-corrected chi connectivity index (χ4v) is 5.57. The maximum atomic E-state index is 12.9. The molecule has 0 spiro atoms. The van der Waals surface area contributed by atoms with E-state index in [0.717, 1.165) is 5.56 Å². The minimum atomic E-state index is -4.22. The van der Waals surface area contributed by atoms with Crippen LogP contribution in [0.2, 0.25) is 5.02 Å². The number of nitrogens with zero attached hydrogens (tertiary/aromatic N) is 1. The molecule has 9 nitrogen and oxygen atoms in total. The van der Waals surface area contributed by atoms with Gasteiger partial charge in [-0.25, -0.2) is 13.2 Å². The van der Waals surface area contributed by atoms with Gasteiger partial charge in [0, 0.05) is 11.8 Å². The molecule has 1 aromatic heterocycles. The zero-order valence-electron chi connectivity index (χ0n) is 20.5. The van der Waals surface area contributed by atoms with Crippen LogP contribution in [0.15, 0.2) is 102 Å². The molecule has 1 heterocycles. The topological polar surface area (TPSA) is 137 Å². The number of halogens is 1. The van der Waals surface area contributed by atoms with Crippen molar-refractivity contribution in [1.82, 2.24) is 15.0 Å². The van der Waals surface area contributed by atoms with Gasteiger partial charge < -0.3 is 15.7 Å². The average Bonchev–Trinajstić information content (AvgIpc) is 2.93. The van der Waals surface area contributed by atoms with Crippen molar-refractivity contribution >= 4 is 39.3 Å². The molecule has 0 aliphatic carbocycles. The molecule has 0 saturated heterocycles. The Morgan fingerprint density at radius 3 is 2.33 bits per heavy atom. The number of anilines is 1.